The normalized spacial score (nSPS) is 13.7. The summed E-state index contributed by atoms with van der Waals surface area (Å²) in [5.41, 5.74) is 1.68. The molecule has 0 atom stereocenters. The van der Waals surface area contributed by atoms with Gasteiger partial charge in [0, 0.05) is 10.5 Å². The molecular formula is C23H15BrO5. The maximum Gasteiger partial charge on any atom is 0.344 e. The number of carbonyl (C=O) groups is 2. The molecule has 4 rings (SSSR count). The highest BCUT2D eigenvalue weighted by molar-refractivity contribution is 9.10. The maximum absolute atomic E-state index is 12.5. The van der Waals surface area contributed by atoms with Crippen LogP contribution in [0.4, 0.5) is 0 Å². The van der Waals surface area contributed by atoms with Crippen LogP contribution in [0.1, 0.15) is 26.3 Å². The largest absolute Gasteiger partial charge is 0.497 e. The molecule has 29 heavy (non-hydrogen) atoms. The van der Waals surface area contributed by atoms with Gasteiger partial charge in [0.2, 0.25) is 5.78 Å². The van der Waals surface area contributed by atoms with Gasteiger partial charge in [-0.1, -0.05) is 24.3 Å². The lowest BCUT2D eigenvalue weighted by molar-refractivity contribution is 0.0733. The zero-order valence-corrected chi connectivity index (χ0v) is 16.9. The highest BCUT2D eigenvalue weighted by Crippen LogP contribution is 2.34. The van der Waals surface area contributed by atoms with E-state index in [-0.39, 0.29) is 11.5 Å². The molecule has 0 bridgehead atoms. The Labute approximate surface area is 175 Å². The van der Waals surface area contributed by atoms with E-state index in [1.807, 2.05) is 6.07 Å². The highest BCUT2D eigenvalue weighted by atomic mass is 79.9. The summed E-state index contributed by atoms with van der Waals surface area (Å²) in [6.07, 6.45) is 1.65. The van der Waals surface area contributed by atoms with Gasteiger partial charge in [0.1, 0.15) is 17.2 Å². The average molecular weight is 451 g/mol. The number of allylic oxidation sites excluding steroid dienone is 1. The van der Waals surface area contributed by atoms with E-state index in [1.165, 1.54) is 0 Å². The van der Waals surface area contributed by atoms with Crippen molar-refractivity contribution in [3.8, 4) is 17.2 Å². The molecule has 0 spiro atoms. The number of methoxy groups -OCH3 is 1. The first-order valence-corrected chi connectivity index (χ1v) is 9.53. The fourth-order valence-corrected chi connectivity index (χ4v) is 3.31. The van der Waals surface area contributed by atoms with Crippen LogP contribution in [-0.2, 0) is 0 Å². The molecule has 5 nitrogen and oxygen atoms in total. The van der Waals surface area contributed by atoms with Crippen LogP contribution >= 0.6 is 15.9 Å². The monoisotopic (exact) mass is 450 g/mol. The lowest BCUT2D eigenvalue weighted by Gasteiger charge is -2.06. The predicted molar refractivity (Wildman–Crippen MR) is 111 cm³/mol. The lowest BCUT2D eigenvalue weighted by Crippen LogP contribution is -2.09. The summed E-state index contributed by atoms with van der Waals surface area (Å²) in [4.78, 5) is 24.8. The molecular weight excluding hydrogens is 436 g/mol. The topological polar surface area (TPSA) is 61.8 Å². The number of Topliss-reactive ketones (excluding diaryl/α,β-unsaturated/α-hetero) is 1. The lowest BCUT2D eigenvalue weighted by atomic mass is 10.1. The molecule has 6 heteroatoms. The number of esters is 1. The quantitative estimate of drug-likeness (QED) is 0.306. The molecule has 0 amide bonds. The van der Waals surface area contributed by atoms with Gasteiger partial charge in [-0.2, -0.15) is 0 Å². The Morgan fingerprint density at radius 3 is 2.45 bits per heavy atom. The number of ether oxygens (including phenoxy) is 3. The first-order chi connectivity index (χ1) is 14.0. The molecule has 0 fully saturated rings. The Balaban J connectivity index is 1.49. The Morgan fingerprint density at radius 2 is 1.72 bits per heavy atom. The second-order valence-corrected chi connectivity index (χ2v) is 7.09. The van der Waals surface area contributed by atoms with Gasteiger partial charge in [0.05, 0.1) is 18.2 Å². The Hall–Kier alpha value is -3.38. The van der Waals surface area contributed by atoms with Crippen molar-refractivity contribution in [1.29, 1.82) is 0 Å². The summed E-state index contributed by atoms with van der Waals surface area (Å²) in [5.74, 6) is 1.08. The van der Waals surface area contributed by atoms with Crippen molar-refractivity contribution in [2.24, 2.45) is 0 Å². The molecule has 0 unspecified atom stereocenters. The van der Waals surface area contributed by atoms with Gasteiger partial charge in [-0.15, -0.1) is 0 Å². The van der Waals surface area contributed by atoms with Crippen molar-refractivity contribution < 1.29 is 23.8 Å². The second kappa shape index (κ2) is 7.93. The van der Waals surface area contributed by atoms with Gasteiger partial charge in [0.25, 0.3) is 0 Å². The van der Waals surface area contributed by atoms with E-state index in [0.717, 1.165) is 5.56 Å². The molecule has 0 radical (unpaired) electrons. The van der Waals surface area contributed by atoms with E-state index in [0.29, 0.717) is 32.8 Å². The number of halogens is 1. The Bertz CT molecular complexity index is 1130. The third-order valence-electron chi connectivity index (χ3n) is 4.36. The average Bonchev–Trinajstić information content (AvgIpc) is 3.04. The smallest absolute Gasteiger partial charge is 0.344 e. The molecule has 1 heterocycles. The first-order valence-electron chi connectivity index (χ1n) is 8.74. The number of carbonyl (C=O) groups excluding carboxylic acids is 2. The zero-order chi connectivity index (χ0) is 20.4. The van der Waals surface area contributed by atoms with Gasteiger partial charge in [-0.3, -0.25) is 4.79 Å². The van der Waals surface area contributed by atoms with Crippen LogP contribution < -0.4 is 14.2 Å². The van der Waals surface area contributed by atoms with Crippen LogP contribution in [0.3, 0.4) is 0 Å². The third-order valence-corrected chi connectivity index (χ3v) is 5.05. The summed E-state index contributed by atoms with van der Waals surface area (Å²) in [7, 11) is 1.56. The van der Waals surface area contributed by atoms with E-state index >= 15 is 0 Å². The Morgan fingerprint density at radius 1 is 1.00 bits per heavy atom. The van der Waals surface area contributed by atoms with Crippen LogP contribution in [0.2, 0.25) is 0 Å². The van der Waals surface area contributed by atoms with Gasteiger partial charge < -0.3 is 14.2 Å². The van der Waals surface area contributed by atoms with Crippen LogP contribution in [0.15, 0.2) is 77.0 Å². The molecule has 1 aliphatic rings. The van der Waals surface area contributed by atoms with E-state index < -0.39 is 5.97 Å². The molecule has 1 aliphatic heterocycles. The fourth-order valence-electron chi connectivity index (χ4n) is 2.87. The summed E-state index contributed by atoms with van der Waals surface area (Å²) in [6, 6.07) is 18.9. The predicted octanol–water partition coefficient (Wildman–Crippen LogP) is 5.29. The molecule has 0 saturated carbocycles. The van der Waals surface area contributed by atoms with Crippen molar-refractivity contribution in [2.45, 2.75) is 0 Å². The van der Waals surface area contributed by atoms with E-state index in [2.05, 4.69) is 15.9 Å². The number of hydrogen-bond acceptors (Lipinski definition) is 5. The third kappa shape index (κ3) is 3.93. The maximum atomic E-state index is 12.5. The molecule has 3 aromatic rings. The SMILES string of the molecule is COc1ccc2c(c1)O/C(=C\c1ccc(OC(=O)c3ccccc3Br)cc1)C2=O. The van der Waals surface area contributed by atoms with Gasteiger partial charge in [-0.25, -0.2) is 4.79 Å². The minimum absolute atomic E-state index is 0.188. The molecule has 144 valence electrons. The summed E-state index contributed by atoms with van der Waals surface area (Å²) < 4.78 is 16.9. The summed E-state index contributed by atoms with van der Waals surface area (Å²) in [5, 5.41) is 0. The van der Waals surface area contributed by atoms with Crippen LogP contribution in [-0.4, -0.2) is 18.9 Å². The molecule has 0 aromatic heterocycles. The Kier molecular flexibility index (Phi) is 5.18. The molecule has 0 N–H and O–H groups in total. The standard InChI is InChI=1S/C23H15BrO5/c1-27-16-10-11-18-20(13-16)29-21(22(18)25)12-14-6-8-15(9-7-14)28-23(26)17-4-2-3-5-19(17)24/h2-13H,1H3/b21-12-. The first kappa shape index (κ1) is 19.0. The van der Waals surface area contributed by atoms with Crippen LogP contribution in [0.25, 0.3) is 6.08 Å². The summed E-state index contributed by atoms with van der Waals surface area (Å²) in [6.45, 7) is 0. The second-order valence-electron chi connectivity index (χ2n) is 6.24. The minimum Gasteiger partial charge on any atom is -0.497 e. The van der Waals surface area contributed by atoms with Crippen LogP contribution in [0, 0.1) is 0 Å². The van der Waals surface area contributed by atoms with E-state index in [4.69, 9.17) is 14.2 Å². The zero-order valence-electron chi connectivity index (χ0n) is 15.3. The number of fused-ring (bicyclic) bond motifs is 1. The minimum atomic E-state index is -0.456. The molecule has 3 aromatic carbocycles. The summed E-state index contributed by atoms with van der Waals surface area (Å²) >= 11 is 3.34. The van der Waals surface area contributed by atoms with Crippen molar-refractivity contribution in [3.05, 3.63) is 93.7 Å². The van der Waals surface area contributed by atoms with Crippen LogP contribution in [0.5, 0.6) is 17.2 Å². The highest BCUT2D eigenvalue weighted by Gasteiger charge is 2.27. The molecule has 0 aliphatic carbocycles. The number of hydrogen-bond donors (Lipinski definition) is 0. The number of ketones is 1. The van der Waals surface area contributed by atoms with E-state index in [1.54, 1.807) is 73.8 Å². The molecule has 0 saturated heterocycles. The van der Waals surface area contributed by atoms with E-state index in [9.17, 15) is 9.59 Å². The number of benzene rings is 3. The van der Waals surface area contributed by atoms with Crippen molar-refractivity contribution >= 4 is 33.8 Å². The van der Waals surface area contributed by atoms with Crippen molar-refractivity contribution in [1.82, 2.24) is 0 Å². The van der Waals surface area contributed by atoms with Gasteiger partial charge >= 0.3 is 5.97 Å². The van der Waals surface area contributed by atoms with Gasteiger partial charge in [-0.05, 0) is 64.0 Å². The number of rotatable bonds is 4. The van der Waals surface area contributed by atoms with Crippen molar-refractivity contribution in [3.63, 3.8) is 0 Å². The van der Waals surface area contributed by atoms with Gasteiger partial charge in [0.15, 0.2) is 5.76 Å². The fraction of sp³-hybridized carbons (Fsp3) is 0.0435. The van der Waals surface area contributed by atoms with Crippen molar-refractivity contribution in [2.75, 3.05) is 7.11 Å².